The first-order valence-corrected chi connectivity index (χ1v) is 5.06. The Balaban J connectivity index is 2.47. The number of anilines is 1. The molecule has 0 amide bonds. The number of hydrogen-bond acceptors (Lipinski definition) is 3. The second-order valence-electron chi connectivity index (χ2n) is 3.04. The van der Waals surface area contributed by atoms with Gasteiger partial charge in [0.2, 0.25) is 5.88 Å². The Bertz CT molecular complexity index is 484. The van der Waals surface area contributed by atoms with Crippen LogP contribution in [0.3, 0.4) is 0 Å². The minimum atomic E-state index is -0.500. The van der Waals surface area contributed by atoms with Gasteiger partial charge in [-0.3, -0.25) is 0 Å². The van der Waals surface area contributed by atoms with E-state index in [0.29, 0.717) is 15.6 Å². The van der Waals surface area contributed by atoms with Gasteiger partial charge < -0.3 is 10.3 Å². The number of nitrogen functional groups attached to an aromatic ring is 1. The highest BCUT2D eigenvalue weighted by molar-refractivity contribution is 9.10. The van der Waals surface area contributed by atoms with Gasteiger partial charge in [0, 0.05) is 4.47 Å². The van der Waals surface area contributed by atoms with E-state index in [4.69, 9.17) is 10.3 Å². The molecule has 0 atom stereocenters. The van der Waals surface area contributed by atoms with Crippen molar-refractivity contribution in [2.45, 2.75) is 6.67 Å². The van der Waals surface area contributed by atoms with Gasteiger partial charge in [-0.15, -0.1) is 0 Å². The molecule has 0 aliphatic rings. The maximum atomic E-state index is 12.5. The summed E-state index contributed by atoms with van der Waals surface area (Å²) in [6, 6.07) is 5.27. The van der Waals surface area contributed by atoms with Crippen molar-refractivity contribution in [3.63, 3.8) is 0 Å². The Kier molecular flexibility index (Phi) is 2.73. The van der Waals surface area contributed by atoms with E-state index in [1.165, 1.54) is 6.20 Å². The van der Waals surface area contributed by atoms with Gasteiger partial charge in [-0.1, -0.05) is 33.2 Å². The molecule has 78 valence electrons. The Labute approximate surface area is 94.2 Å². The van der Waals surface area contributed by atoms with Crippen molar-refractivity contribution in [2.75, 3.05) is 5.73 Å². The van der Waals surface area contributed by atoms with Gasteiger partial charge >= 0.3 is 0 Å². The summed E-state index contributed by atoms with van der Waals surface area (Å²) in [7, 11) is 0. The number of halogens is 2. The minimum Gasteiger partial charge on any atom is -0.367 e. The van der Waals surface area contributed by atoms with Crippen LogP contribution < -0.4 is 5.73 Å². The fraction of sp³-hybridized carbons (Fsp3) is 0.100. The molecule has 0 fully saturated rings. The van der Waals surface area contributed by atoms with E-state index in [0.717, 1.165) is 5.56 Å². The highest BCUT2D eigenvalue weighted by Gasteiger charge is 2.08. The molecule has 15 heavy (non-hydrogen) atoms. The van der Waals surface area contributed by atoms with Crippen molar-refractivity contribution < 1.29 is 8.91 Å². The van der Waals surface area contributed by atoms with Gasteiger partial charge in [-0.05, 0) is 17.2 Å². The molecule has 2 rings (SSSR count). The Hall–Kier alpha value is -1.36. The molecule has 0 spiro atoms. The highest BCUT2D eigenvalue weighted by atomic mass is 79.9. The lowest BCUT2D eigenvalue weighted by Gasteiger charge is -2.02. The fourth-order valence-corrected chi connectivity index (χ4v) is 1.77. The third kappa shape index (κ3) is 1.87. The molecule has 1 heterocycles. The maximum Gasteiger partial charge on any atom is 0.229 e. The quantitative estimate of drug-likeness (QED) is 0.912. The van der Waals surface area contributed by atoms with Crippen LogP contribution in [0.4, 0.5) is 10.3 Å². The van der Waals surface area contributed by atoms with Gasteiger partial charge in [0.1, 0.15) is 6.67 Å². The molecule has 5 heteroatoms. The van der Waals surface area contributed by atoms with Crippen molar-refractivity contribution >= 4 is 21.8 Å². The zero-order valence-electron chi connectivity index (χ0n) is 7.71. The smallest absolute Gasteiger partial charge is 0.229 e. The summed E-state index contributed by atoms with van der Waals surface area (Å²) in [6.45, 7) is -0.500. The lowest BCUT2D eigenvalue weighted by atomic mass is 10.1. The van der Waals surface area contributed by atoms with E-state index in [1.54, 1.807) is 18.2 Å². The van der Waals surface area contributed by atoms with Crippen LogP contribution in [0.25, 0.3) is 11.1 Å². The van der Waals surface area contributed by atoms with E-state index in [-0.39, 0.29) is 5.88 Å². The van der Waals surface area contributed by atoms with Crippen molar-refractivity contribution in [3.8, 4) is 11.1 Å². The van der Waals surface area contributed by atoms with Crippen LogP contribution in [-0.2, 0) is 6.67 Å². The summed E-state index contributed by atoms with van der Waals surface area (Å²) in [4.78, 5) is 0. The third-order valence-corrected chi connectivity index (χ3v) is 2.84. The van der Waals surface area contributed by atoms with Crippen LogP contribution in [0.5, 0.6) is 0 Å². The average Bonchev–Trinajstić information content (AvgIpc) is 2.64. The maximum absolute atomic E-state index is 12.5. The third-order valence-electron chi connectivity index (χ3n) is 2.11. The van der Waals surface area contributed by atoms with Crippen LogP contribution in [0.15, 0.2) is 33.4 Å². The summed E-state index contributed by atoms with van der Waals surface area (Å²) in [6.07, 6.45) is 1.53. The Morgan fingerprint density at radius 1 is 1.47 bits per heavy atom. The molecule has 0 saturated carbocycles. The number of alkyl halides is 1. The monoisotopic (exact) mass is 270 g/mol. The molecule has 0 radical (unpaired) electrons. The largest absolute Gasteiger partial charge is 0.367 e. The lowest BCUT2D eigenvalue weighted by Crippen LogP contribution is -1.87. The summed E-state index contributed by atoms with van der Waals surface area (Å²) in [5, 5.41) is 3.58. The topological polar surface area (TPSA) is 52.0 Å². The molecule has 1 aromatic carbocycles. The first-order chi connectivity index (χ1) is 7.22. The normalized spacial score (nSPS) is 10.5. The minimum absolute atomic E-state index is 0.259. The van der Waals surface area contributed by atoms with Gasteiger partial charge in [0.05, 0.1) is 11.8 Å². The zero-order chi connectivity index (χ0) is 10.8. The van der Waals surface area contributed by atoms with Crippen LogP contribution in [0.1, 0.15) is 5.56 Å². The fourth-order valence-electron chi connectivity index (χ4n) is 1.29. The number of benzene rings is 1. The van der Waals surface area contributed by atoms with Gasteiger partial charge in [0.15, 0.2) is 0 Å². The second-order valence-corrected chi connectivity index (χ2v) is 3.90. The predicted octanol–water partition coefficient (Wildman–Crippen LogP) is 3.16. The molecule has 2 aromatic rings. The van der Waals surface area contributed by atoms with Crippen LogP contribution in [-0.4, -0.2) is 5.16 Å². The van der Waals surface area contributed by atoms with Crippen LogP contribution in [0, 0.1) is 0 Å². The Morgan fingerprint density at radius 3 is 2.80 bits per heavy atom. The zero-order valence-corrected chi connectivity index (χ0v) is 9.29. The lowest BCUT2D eigenvalue weighted by molar-refractivity contribution is 0.436. The first-order valence-electron chi connectivity index (χ1n) is 4.27. The summed E-state index contributed by atoms with van der Waals surface area (Å²) < 4.78 is 17.9. The van der Waals surface area contributed by atoms with Crippen LogP contribution in [0.2, 0.25) is 0 Å². The molecule has 0 unspecified atom stereocenters. The van der Waals surface area contributed by atoms with Gasteiger partial charge in [-0.2, -0.15) is 0 Å². The summed E-state index contributed by atoms with van der Waals surface area (Å²) in [5.41, 5.74) is 7.73. The SMILES string of the molecule is Nc1oncc1-c1ccc(CF)c(Br)c1. The molecule has 0 aliphatic heterocycles. The Morgan fingerprint density at radius 2 is 2.27 bits per heavy atom. The second kappa shape index (κ2) is 4.02. The van der Waals surface area contributed by atoms with Gasteiger partial charge in [0.25, 0.3) is 0 Å². The number of nitrogens with zero attached hydrogens (tertiary/aromatic N) is 1. The van der Waals surface area contributed by atoms with Crippen molar-refractivity contribution in [1.82, 2.24) is 5.16 Å². The number of aromatic nitrogens is 1. The molecular formula is C10H8BrFN2O. The summed E-state index contributed by atoms with van der Waals surface area (Å²) >= 11 is 3.29. The van der Waals surface area contributed by atoms with Crippen molar-refractivity contribution in [3.05, 3.63) is 34.4 Å². The van der Waals surface area contributed by atoms with E-state index >= 15 is 0 Å². The molecular weight excluding hydrogens is 263 g/mol. The predicted molar refractivity (Wildman–Crippen MR) is 58.9 cm³/mol. The molecule has 3 nitrogen and oxygen atoms in total. The van der Waals surface area contributed by atoms with Gasteiger partial charge in [-0.25, -0.2) is 4.39 Å². The van der Waals surface area contributed by atoms with E-state index < -0.39 is 6.67 Å². The average molecular weight is 271 g/mol. The number of rotatable bonds is 2. The molecule has 2 N–H and O–H groups in total. The molecule has 0 bridgehead atoms. The van der Waals surface area contributed by atoms with Crippen LogP contribution >= 0.6 is 15.9 Å². The number of hydrogen-bond donors (Lipinski definition) is 1. The molecule has 1 aromatic heterocycles. The molecule has 0 aliphatic carbocycles. The summed E-state index contributed by atoms with van der Waals surface area (Å²) in [5.74, 6) is 0.259. The number of nitrogens with two attached hydrogens (primary N) is 1. The van der Waals surface area contributed by atoms with E-state index in [1.807, 2.05) is 0 Å². The molecule has 0 saturated heterocycles. The van der Waals surface area contributed by atoms with E-state index in [9.17, 15) is 4.39 Å². The van der Waals surface area contributed by atoms with Crippen molar-refractivity contribution in [2.24, 2.45) is 0 Å². The standard InChI is InChI=1S/C10H8BrFN2O/c11-9-3-6(1-2-7(9)4-12)8-5-14-15-10(8)13/h1-3,5H,4,13H2. The first kappa shape index (κ1) is 10.2. The van der Waals surface area contributed by atoms with E-state index in [2.05, 4.69) is 21.1 Å². The highest BCUT2D eigenvalue weighted by Crippen LogP contribution is 2.29. The van der Waals surface area contributed by atoms with Crippen molar-refractivity contribution in [1.29, 1.82) is 0 Å².